The van der Waals surface area contributed by atoms with Gasteiger partial charge in [0.25, 0.3) is 0 Å². The maximum Gasteiger partial charge on any atom is 0.231 e. The fourth-order valence-corrected chi connectivity index (χ4v) is 1.40. The van der Waals surface area contributed by atoms with Crippen molar-refractivity contribution in [2.75, 3.05) is 6.79 Å². The maximum absolute atomic E-state index is 9.71. The molecule has 0 spiro atoms. The summed E-state index contributed by atoms with van der Waals surface area (Å²) >= 11 is 0. The zero-order valence-electron chi connectivity index (χ0n) is 7.93. The molecule has 1 heterocycles. The third-order valence-corrected chi connectivity index (χ3v) is 2.24. The van der Waals surface area contributed by atoms with E-state index in [4.69, 9.17) is 15.2 Å². The molecular weight excluding hydrogens is 182 g/mol. The van der Waals surface area contributed by atoms with E-state index in [1.807, 2.05) is 0 Å². The monoisotopic (exact) mass is 195 g/mol. The molecule has 14 heavy (non-hydrogen) atoms. The fourth-order valence-electron chi connectivity index (χ4n) is 1.40. The summed E-state index contributed by atoms with van der Waals surface area (Å²) in [6.45, 7) is 2.00. The van der Waals surface area contributed by atoms with Gasteiger partial charge in [-0.05, 0) is 24.6 Å². The van der Waals surface area contributed by atoms with Gasteiger partial charge in [-0.15, -0.1) is 0 Å². The van der Waals surface area contributed by atoms with Gasteiger partial charge in [0.1, 0.15) is 0 Å². The van der Waals surface area contributed by atoms with Gasteiger partial charge in [-0.2, -0.15) is 0 Å². The average molecular weight is 195 g/mol. The van der Waals surface area contributed by atoms with Crippen LogP contribution in [0.15, 0.2) is 18.2 Å². The molecule has 0 saturated carbocycles. The van der Waals surface area contributed by atoms with Crippen molar-refractivity contribution in [2.24, 2.45) is 5.73 Å². The van der Waals surface area contributed by atoms with Crippen LogP contribution in [0.4, 0.5) is 0 Å². The van der Waals surface area contributed by atoms with Gasteiger partial charge in [-0.3, -0.25) is 0 Å². The molecule has 0 fully saturated rings. The highest BCUT2D eigenvalue weighted by Crippen LogP contribution is 2.34. The Morgan fingerprint density at radius 1 is 1.36 bits per heavy atom. The van der Waals surface area contributed by atoms with Crippen molar-refractivity contribution >= 4 is 0 Å². The van der Waals surface area contributed by atoms with E-state index in [0.717, 1.165) is 5.56 Å². The first-order chi connectivity index (χ1) is 6.68. The molecule has 0 aromatic heterocycles. The Kier molecular flexibility index (Phi) is 2.31. The van der Waals surface area contributed by atoms with E-state index in [2.05, 4.69) is 0 Å². The molecule has 0 aliphatic carbocycles. The third-order valence-electron chi connectivity index (χ3n) is 2.24. The quantitative estimate of drug-likeness (QED) is 0.732. The van der Waals surface area contributed by atoms with Crippen LogP contribution in [-0.2, 0) is 0 Å². The third kappa shape index (κ3) is 1.54. The highest BCUT2D eigenvalue weighted by atomic mass is 16.7. The molecule has 2 rings (SSSR count). The largest absolute Gasteiger partial charge is 0.454 e. The van der Waals surface area contributed by atoms with E-state index < -0.39 is 6.10 Å². The van der Waals surface area contributed by atoms with Crippen LogP contribution in [0.2, 0.25) is 0 Å². The maximum atomic E-state index is 9.71. The topological polar surface area (TPSA) is 64.7 Å². The molecule has 1 aromatic rings. The van der Waals surface area contributed by atoms with E-state index >= 15 is 0 Å². The van der Waals surface area contributed by atoms with Gasteiger partial charge in [-0.1, -0.05) is 6.07 Å². The average Bonchev–Trinajstić information content (AvgIpc) is 2.62. The van der Waals surface area contributed by atoms with E-state index in [0.29, 0.717) is 11.5 Å². The Morgan fingerprint density at radius 2 is 2.07 bits per heavy atom. The lowest BCUT2D eigenvalue weighted by Gasteiger charge is -2.14. The molecule has 4 heteroatoms. The molecule has 2 atom stereocenters. The molecule has 1 aliphatic rings. The van der Waals surface area contributed by atoms with Crippen LogP contribution in [0.3, 0.4) is 0 Å². The molecule has 0 bridgehead atoms. The normalized spacial score (nSPS) is 17.9. The SMILES string of the molecule is CC(N)C(O)c1ccc2c(c1)OCO2. The van der Waals surface area contributed by atoms with Gasteiger partial charge in [0.15, 0.2) is 11.5 Å². The second-order valence-electron chi connectivity index (χ2n) is 3.42. The number of fused-ring (bicyclic) bond motifs is 1. The minimum atomic E-state index is -0.663. The second-order valence-corrected chi connectivity index (χ2v) is 3.42. The molecule has 2 unspecified atom stereocenters. The molecule has 0 amide bonds. The predicted octanol–water partition coefficient (Wildman–Crippen LogP) is 0.796. The lowest BCUT2D eigenvalue weighted by molar-refractivity contribution is 0.152. The number of nitrogens with two attached hydrogens (primary N) is 1. The van der Waals surface area contributed by atoms with Gasteiger partial charge in [-0.25, -0.2) is 0 Å². The van der Waals surface area contributed by atoms with Crippen molar-refractivity contribution in [3.8, 4) is 11.5 Å². The Hall–Kier alpha value is -1.26. The number of rotatable bonds is 2. The summed E-state index contributed by atoms with van der Waals surface area (Å²) in [4.78, 5) is 0. The van der Waals surface area contributed by atoms with Crippen molar-refractivity contribution in [3.05, 3.63) is 23.8 Å². The van der Waals surface area contributed by atoms with Crippen molar-refractivity contribution in [1.29, 1.82) is 0 Å². The van der Waals surface area contributed by atoms with Crippen LogP contribution in [0, 0.1) is 0 Å². The minimum absolute atomic E-state index is 0.243. The highest BCUT2D eigenvalue weighted by Gasteiger charge is 2.18. The highest BCUT2D eigenvalue weighted by molar-refractivity contribution is 5.45. The van der Waals surface area contributed by atoms with Crippen LogP contribution in [0.1, 0.15) is 18.6 Å². The molecule has 1 aromatic carbocycles. The van der Waals surface area contributed by atoms with Gasteiger partial charge in [0.2, 0.25) is 6.79 Å². The number of benzene rings is 1. The van der Waals surface area contributed by atoms with Crippen LogP contribution < -0.4 is 15.2 Å². The number of ether oxygens (including phenoxy) is 2. The Bertz CT molecular complexity index is 338. The summed E-state index contributed by atoms with van der Waals surface area (Å²) in [7, 11) is 0. The molecule has 0 radical (unpaired) electrons. The molecule has 76 valence electrons. The van der Waals surface area contributed by atoms with Gasteiger partial charge in [0, 0.05) is 6.04 Å². The molecule has 3 N–H and O–H groups in total. The first-order valence-corrected chi connectivity index (χ1v) is 4.51. The zero-order valence-corrected chi connectivity index (χ0v) is 7.93. The number of aliphatic hydroxyl groups excluding tert-OH is 1. The summed E-state index contributed by atoms with van der Waals surface area (Å²) in [5, 5.41) is 9.71. The minimum Gasteiger partial charge on any atom is -0.454 e. The molecular formula is C10H13NO3. The summed E-state index contributed by atoms with van der Waals surface area (Å²) in [5.41, 5.74) is 6.35. The Balaban J connectivity index is 2.28. The van der Waals surface area contributed by atoms with Crippen molar-refractivity contribution in [2.45, 2.75) is 19.1 Å². The Labute approximate surface area is 82.2 Å². The summed E-state index contributed by atoms with van der Waals surface area (Å²) in [6, 6.07) is 5.04. The second kappa shape index (κ2) is 3.48. The van der Waals surface area contributed by atoms with E-state index in [1.165, 1.54) is 0 Å². The lowest BCUT2D eigenvalue weighted by Crippen LogP contribution is -2.24. The van der Waals surface area contributed by atoms with Crippen molar-refractivity contribution < 1.29 is 14.6 Å². The van der Waals surface area contributed by atoms with E-state index in [1.54, 1.807) is 25.1 Å². The molecule has 4 nitrogen and oxygen atoms in total. The van der Waals surface area contributed by atoms with Crippen LogP contribution in [0.25, 0.3) is 0 Å². The first kappa shape index (κ1) is 9.30. The van der Waals surface area contributed by atoms with E-state index in [-0.39, 0.29) is 12.8 Å². The predicted molar refractivity (Wildman–Crippen MR) is 51.2 cm³/mol. The van der Waals surface area contributed by atoms with E-state index in [9.17, 15) is 5.11 Å². The van der Waals surface area contributed by atoms with Crippen LogP contribution in [-0.4, -0.2) is 17.9 Å². The van der Waals surface area contributed by atoms with Crippen LogP contribution in [0.5, 0.6) is 11.5 Å². The number of aliphatic hydroxyl groups is 1. The zero-order chi connectivity index (χ0) is 10.1. The summed E-state index contributed by atoms with van der Waals surface area (Å²) < 4.78 is 10.4. The van der Waals surface area contributed by atoms with Gasteiger partial charge in [0.05, 0.1) is 6.10 Å². The fraction of sp³-hybridized carbons (Fsp3) is 0.400. The van der Waals surface area contributed by atoms with Gasteiger partial charge < -0.3 is 20.3 Å². The summed E-state index contributed by atoms with van der Waals surface area (Å²) in [6.07, 6.45) is -0.663. The van der Waals surface area contributed by atoms with Crippen LogP contribution >= 0.6 is 0 Å². The van der Waals surface area contributed by atoms with Gasteiger partial charge >= 0.3 is 0 Å². The standard InChI is InChI=1S/C10H13NO3/c1-6(11)10(12)7-2-3-8-9(4-7)14-5-13-8/h2-4,6,10,12H,5,11H2,1H3. The van der Waals surface area contributed by atoms with Crippen molar-refractivity contribution in [3.63, 3.8) is 0 Å². The lowest BCUT2D eigenvalue weighted by atomic mass is 10.0. The number of hydrogen-bond acceptors (Lipinski definition) is 4. The molecule has 0 saturated heterocycles. The Morgan fingerprint density at radius 3 is 2.79 bits per heavy atom. The molecule has 1 aliphatic heterocycles. The summed E-state index contributed by atoms with van der Waals surface area (Å²) in [5.74, 6) is 1.38. The first-order valence-electron chi connectivity index (χ1n) is 4.51. The smallest absolute Gasteiger partial charge is 0.231 e. The van der Waals surface area contributed by atoms with Crippen molar-refractivity contribution in [1.82, 2.24) is 0 Å². The number of hydrogen-bond donors (Lipinski definition) is 2.